The van der Waals surface area contributed by atoms with Crippen LogP contribution in [0.3, 0.4) is 0 Å². The van der Waals surface area contributed by atoms with E-state index < -0.39 is 0 Å². The molecule has 0 aromatic heterocycles. The van der Waals surface area contributed by atoms with Crippen molar-refractivity contribution in [3.05, 3.63) is 0 Å². The normalized spacial score (nSPS) is 10.1. The minimum atomic E-state index is 0.986. The molecular weight excluding hydrogens is 204 g/mol. The van der Waals surface area contributed by atoms with Gasteiger partial charge in [-0.05, 0) is 11.8 Å². The summed E-state index contributed by atoms with van der Waals surface area (Å²) in [5.74, 6) is 1.98. The Morgan fingerprint density at radius 1 is 0.529 bits per heavy atom. The summed E-state index contributed by atoms with van der Waals surface area (Å²) >= 11 is 0. The van der Waals surface area contributed by atoms with Gasteiger partial charge in [0.2, 0.25) is 0 Å². The van der Waals surface area contributed by atoms with E-state index in [2.05, 4.69) is 27.7 Å². The number of rotatable bonds is 6. The van der Waals surface area contributed by atoms with E-state index in [1.165, 1.54) is 32.1 Å². The molecule has 0 aliphatic rings. The first kappa shape index (κ1) is 25.8. The minimum Gasteiger partial charge on any atom is -0.0683 e. The lowest BCUT2D eigenvalue weighted by atomic mass is 9.83. The van der Waals surface area contributed by atoms with Crippen LogP contribution in [0, 0.1) is 11.8 Å². The average Bonchev–Trinajstić information content (AvgIpc) is 2.45. The molecule has 17 heavy (non-hydrogen) atoms. The van der Waals surface area contributed by atoms with E-state index in [1.54, 1.807) is 0 Å². The van der Waals surface area contributed by atoms with Gasteiger partial charge in [0.1, 0.15) is 0 Å². The van der Waals surface area contributed by atoms with Gasteiger partial charge in [0, 0.05) is 0 Å². The molecule has 1 atom stereocenters. The summed E-state index contributed by atoms with van der Waals surface area (Å²) in [5, 5.41) is 0. The second-order valence-electron chi connectivity index (χ2n) is 3.53. The van der Waals surface area contributed by atoms with Crippen LogP contribution in [0.5, 0.6) is 0 Å². The van der Waals surface area contributed by atoms with Crippen LogP contribution in [0.2, 0.25) is 0 Å². The van der Waals surface area contributed by atoms with Crippen molar-refractivity contribution in [2.75, 3.05) is 0 Å². The monoisotopic (exact) mass is 246 g/mol. The highest BCUT2D eigenvalue weighted by atomic mass is 14.2. The standard InChI is InChI=1S/C11H24.3C2H6/c1-5-9-11(8-4)10(6-2)7-3;3*1-2/h10-11H,5-9H2,1-4H3;3*1-2H3. The number of hydrogen-bond donors (Lipinski definition) is 0. The predicted octanol–water partition coefficient (Wildman–Crippen LogP) is 7.33. The fraction of sp³-hybridized carbons (Fsp3) is 1.00. The van der Waals surface area contributed by atoms with Gasteiger partial charge in [-0.3, -0.25) is 0 Å². The van der Waals surface area contributed by atoms with Crippen molar-refractivity contribution in [1.82, 2.24) is 0 Å². The maximum atomic E-state index is 2.33. The molecule has 0 rings (SSSR count). The summed E-state index contributed by atoms with van der Waals surface area (Å²) in [7, 11) is 0. The largest absolute Gasteiger partial charge is 0.0683 e. The zero-order valence-electron chi connectivity index (χ0n) is 14.7. The van der Waals surface area contributed by atoms with Gasteiger partial charge in [-0.15, -0.1) is 0 Å². The van der Waals surface area contributed by atoms with Gasteiger partial charge in [0.25, 0.3) is 0 Å². The van der Waals surface area contributed by atoms with E-state index in [0.29, 0.717) is 0 Å². The first-order chi connectivity index (χ1) is 8.29. The molecule has 0 aliphatic heterocycles. The molecule has 110 valence electrons. The van der Waals surface area contributed by atoms with Gasteiger partial charge in [-0.1, -0.05) is 101 Å². The van der Waals surface area contributed by atoms with Crippen LogP contribution in [0.15, 0.2) is 0 Å². The van der Waals surface area contributed by atoms with Crippen molar-refractivity contribution in [2.45, 2.75) is 101 Å². The lowest BCUT2D eigenvalue weighted by Gasteiger charge is -2.23. The highest BCUT2D eigenvalue weighted by molar-refractivity contribution is 4.65. The van der Waals surface area contributed by atoms with Crippen molar-refractivity contribution >= 4 is 0 Å². The number of hydrogen-bond acceptors (Lipinski definition) is 0. The summed E-state index contributed by atoms with van der Waals surface area (Å²) < 4.78 is 0. The minimum absolute atomic E-state index is 0.986. The lowest BCUT2D eigenvalue weighted by Crippen LogP contribution is -2.12. The molecule has 0 N–H and O–H groups in total. The molecular formula is C17H42. The first-order valence-corrected chi connectivity index (χ1v) is 8.29. The Hall–Kier alpha value is 0. The lowest BCUT2D eigenvalue weighted by molar-refractivity contribution is 0.284. The van der Waals surface area contributed by atoms with Gasteiger partial charge in [0.15, 0.2) is 0 Å². The first-order valence-electron chi connectivity index (χ1n) is 8.29. The molecule has 0 fully saturated rings. The molecule has 0 spiro atoms. The molecule has 0 aliphatic carbocycles. The highest BCUT2D eigenvalue weighted by Gasteiger charge is 2.14. The zero-order chi connectivity index (χ0) is 14.7. The second-order valence-corrected chi connectivity index (χ2v) is 3.53. The van der Waals surface area contributed by atoms with Crippen molar-refractivity contribution in [2.24, 2.45) is 11.8 Å². The Kier molecular flexibility index (Phi) is 45.1. The third-order valence-electron chi connectivity index (χ3n) is 2.90. The second kappa shape index (κ2) is 29.8. The molecule has 0 saturated carbocycles. The van der Waals surface area contributed by atoms with Gasteiger partial charge >= 0.3 is 0 Å². The molecule has 0 aromatic rings. The summed E-state index contributed by atoms with van der Waals surface area (Å²) in [6.07, 6.45) is 6.90. The Bertz CT molecular complexity index is 72.1. The summed E-state index contributed by atoms with van der Waals surface area (Å²) in [6.45, 7) is 21.3. The van der Waals surface area contributed by atoms with Crippen LogP contribution in [0.4, 0.5) is 0 Å². The third-order valence-corrected chi connectivity index (χ3v) is 2.90. The SMILES string of the molecule is CC.CC.CC.CCCC(CC)C(CC)CC. The molecule has 0 heteroatoms. The van der Waals surface area contributed by atoms with E-state index in [4.69, 9.17) is 0 Å². The Labute approximate surface area is 114 Å². The van der Waals surface area contributed by atoms with Crippen LogP contribution < -0.4 is 0 Å². The Morgan fingerprint density at radius 2 is 0.824 bits per heavy atom. The quantitative estimate of drug-likeness (QED) is 0.460. The third kappa shape index (κ3) is 18.6. The molecule has 0 nitrogen and oxygen atoms in total. The van der Waals surface area contributed by atoms with Gasteiger partial charge in [-0.2, -0.15) is 0 Å². The summed E-state index contributed by atoms with van der Waals surface area (Å²) in [5.41, 5.74) is 0. The Morgan fingerprint density at radius 3 is 1.00 bits per heavy atom. The van der Waals surface area contributed by atoms with Crippen molar-refractivity contribution < 1.29 is 0 Å². The van der Waals surface area contributed by atoms with Crippen LogP contribution >= 0.6 is 0 Å². The van der Waals surface area contributed by atoms with Crippen LogP contribution in [0.1, 0.15) is 101 Å². The van der Waals surface area contributed by atoms with Crippen molar-refractivity contribution in [3.63, 3.8) is 0 Å². The van der Waals surface area contributed by atoms with Crippen LogP contribution in [-0.2, 0) is 0 Å². The summed E-state index contributed by atoms with van der Waals surface area (Å²) in [4.78, 5) is 0. The molecule has 0 amide bonds. The molecule has 0 saturated heterocycles. The van der Waals surface area contributed by atoms with Gasteiger partial charge < -0.3 is 0 Å². The Balaban J connectivity index is -0.000000121. The van der Waals surface area contributed by atoms with E-state index in [-0.39, 0.29) is 0 Å². The van der Waals surface area contributed by atoms with Crippen molar-refractivity contribution in [3.8, 4) is 0 Å². The topological polar surface area (TPSA) is 0 Å². The van der Waals surface area contributed by atoms with Crippen molar-refractivity contribution in [1.29, 1.82) is 0 Å². The smallest absolute Gasteiger partial charge is 0.0389 e. The van der Waals surface area contributed by atoms with Crippen LogP contribution in [-0.4, -0.2) is 0 Å². The van der Waals surface area contributed by atoms with E-state index >= 15 is 0 Å². The van der Waals surface area contributed by atoms with E-state index in [1.807, 2.05) is 41.5 Å². The van der Waals surface area contributed by atoms with E-state index in [0.717, 1.165) is 11.8 Å². The molecule has 0 bridgehead atoms. The van der Waals surface area contributed by atoms with Gasteiger partial charge in [0.05, 0.1) is 0 Å². The highest BCUT2D eigenvalue weighted by Crippen LogP contribution is 2.26. The summed E-state index contributed by atoms with van der Waals surface area (Å²) in [6, 6.07) is 0. The zero-order valence-corrected chi connectivity index (χ0v) is 14.7. The molecule has 0 radical (unpaired) electrons. The molecule has 0 aromatic carbocycles. The fourth-order valence-electron chi connectivity index (χ4n) is 2.10. The predicted molar refractivity (Wildman–Crippen MR) is 86.8 cm³/mol. The fourth-order valence-corrected chi connectivity index (χ4v) is 2.10. The molecule has 1 unspecified atom stereocenters. The van der Waals surface area contributed by atoms with Gasteiger partial charge in [-0.25, -0.2) is 0 Å². The molecule has 0 heterocycles. The average molecular weight is 247 g/mol. The maximum absolute atomic E-state index is 2.33. The van der Waals surface area contributed by atoms with E-state index in [9.17, 15) is 0 Å². The maximum Gasteiger partial charge on any atom is -0.0389 e. The van der Waals surface area contributed by atoms with Crippen LogP contribution in [0.25, 0.3) is 0 Å².